The third-order valence-corrected chi connectivity index (χ3v) is 3.07. The molecule has 1 atom stereocenters. The summed E-state index contributed by atoms with van der Waals surface area (Å²) in [5.74, 6) is 3.50. The van der Waals surface area contributed by atoms with E-state index >= 15 is 0 Å². The van der Waals surface area contributed by atoms with Gasteiger partial charge in [-0.15, -0.1) is 24.2 Å². The number of halogens is 1. The summed E-state index contributed by atoms with van der Waals surface area (Å²) >= 11 is 1.85. The first-order chi connectivity index (χ1) is 6.57. The highest BCUT2D eigenvalue weighted by molar-refractivity contribution is 7.99. The third kappa shape index (κ3) is 2.86. The summed E-state index contributed by atoms with van der Waals surface area (Å²) in [4.78, 5) is 4.41. The SMILES string of the molecule is CC(C)(C)c1noc([C@H]2CSCN2)n1.Cl. The largest absolute Gasteiger partial charge is 0.338 e. The van der Waals surface area contributed by atoms with Gasteiger partial charge in [-0.1, -0.05) is 25.9 Å². The Morgan fingerprint density at radius 3 is 2.67 bits per heavy atom. The highest BCUT2D eigenvalue weighted by Gasteiger charge is 2.26. The summed E-state index contributed by atoms with van der Waals surface area (Å²) in [6, 6.07) is 0.239. The van der Waals surface area contributed by atoms with Crippen LogP contribution < -0.4 is 5.32 Å². The van der Waals surface area contributed by atoms with Crippen molar-refractivity contribution in [1.82, 2.24) is 15.5 Å². The average Bonchev–Trinajstić information content (AvgIpc) is 2.73. The molecule has 0 radical (unpaired) electrons. The Kier molecular flexibility index (Phi) is 4.03. The zero-order valence-electron chi connectivity index (χ0n) is 9.11. The zero-order chi connectivity index (χ0) is 10.2. The molecule has 1 aromatic rings. The van der Waals surface area contributed by atoms with Crippen molar-refractivity contribution >= 4 is 24.2 Å². The van der Waals surface area contributed by atoms with E-state index in [1.807, 2.05) is 11.8 Å². The van der Waals surface area contributed by atoms with Gasteiger partial charge in [0.2, 0.25) is 5.89 Å². The Bertz CT molecular complexity index is 317. The van der Waals surface area contributed by atoms with Gasteiger partial charge in [-0.2, -0.15) is 4.98 Å². The lowest BCUT2D eigenvalue weighted by molar-refractivity contribution is 0.340. The molecule has 1 fully saturated rings. The van der Waals surface area contributed by atoms with Crippen LogP contribution in [0.3, 0.4) is 0 Å². The molecule has 0 amide bonds. The minimum absolute atomic E-state index is 0. The molecule has 0 saturated carbocycles. The molecule has 2 heterocycles. The van der Waals surface area contributed by atoms with Crippen LogP contribution in [-0.2, 0) is 5.41 Å². The molecule has 6 heteroatoms. The van der Waals surface area contributed by atoms with E-state index in [0.29, 0.717) is 0 Å². The summed E-state index contributed by atoms with van der Waals surface area (Å²) in [5.41, 5.74) is -0.0342. The topological polar surface area (TPSA) is 51.0 Å². The number of nitrogens with one attached hydrogen (secondary N) is 1. The second kappa shape index (κ2) is 4.72. The van der Waals surface area contributed by atoms with Gasteiger partial charge in [-0.05, 0) is 0 Å². The average molecular weight is 250 g/mol. The smallest absolute Gasteiger partial charge is 0.244 e. The standard InChI is InChI=1S/C9H15N3OS.ClH/c1-9(2,3)8-11-7(13-12-8)6-4-14-5-10-6;/h6,10H,4-5H2,1-3H3;1H/t6-;/m1./s1. The number of thioether (sulfide) groups is 1. The molecule has 4 nitrogen and oxygen atoms in total. The van der Waals surface area contributed by atoms with E-state index in [1.165, 1.54) is 0 Å². The van der Waals surface area contributed by atoms with Gasteiger partial charge in [0.15, 0.2) is 5.82 Å². The highest BCUT2D eigenvalue weighted by Crippen LogP contribution is 2.25. The summed E-state index contributed by atoms with van der Waals surface area (Å²) in [6.45, 7) is 6.25. The first kappa shape index (κ1) is 12.8. The quantitative estimate of drug-likeness (QED) is 0.826. The lowest BCUT2D eigenvalue weighted by Gasteiger charge is -2.11. The maximum Gasteiger partial charge on any atom is 0.244 e. The maximum atomic E-state index is 5.24. The fraction of sp³-hybridized carbons (Fsp3) is 0.778. The fourth-order valence-corrected chi connectivity index (χ4v) is 2.17. The Balaban J connectivity index is 0.00000112. The van der Waals surface area contributed by atoms with Gasteiger partial charge in [0.05, 0.1) is 6.04 Å². The van der Waals surface area contributed by atoms with E-state index in [1.54, 1.807) is 0 Å². The van der Waals surface area contributed by atoms with Crippen LogP contribution in [0.25, 0.3) is 0 Å². The zero-order valence-corrected chi connectivity index (χ0v) is 10.7. The second-order valence-electron chi connectivity index (χ2n) is 4.48. The summed E-state index contributed by atoms with van der Waals surface area (Å²) in [5, 5.41) is 7.30. The first-order valence-electron chi connectivity index (χ1n) is 4.72. The number of aromatic nitrogens is 2. The lowest BCUT2D eigenvalue weighted by Crippen LogP contribution is -2.16. The molecule has 0 aromatic carbocycles. The minimum atomic E-state index is -0.0342. The van der Waals surface area contributed by atoms with Gasteiger partial charge in [-0.25, -0.2) is 0 Å². The summed E-state index contributed by atoms with van der Waals surface area (Å²) in [6.07, 6.45) is 0. The molecule has 1 N–H and O–H groups in total. The lowest BCUT2D eigenvalue weighted by atomic mass is 9.96. The van der Waals surface area contributed by atoms with Crippen molar-refractivity contribution < 1.29 is 4.52 Å². The van der Waals surface area contributed by atoms with E-state index in [4.69, 9.17) is 4.52 Å². The van der Waals surface area contributed by atoms with Crippen molar-refractivity contribution in [3.05, 3.63) is 11.7 Å². The van der Waals surface area contributed by atoms with Crippen molar-refractivity contribution in [2.75, 3.05) is 11.6 Å². The van der Waals surface area contributed by atoms with Crippen molar-refractivity contribution in [3.8, 4) is 0 Å². The molecule has 1 saturated heterocycles. The molecule has 86 valence electrons. The summed E-state index contributed by atoms with van der Waals surface area (Å²) in [7, 11) is 0. The molecule has 0 unspecified atom stereocenters. The highest BCUT2D eigenvalue weighted by atomic mass is 35.5. The fourth-order valence-electron chi connectivity index (χ4n) is 1.24. The van der Waals surface area contributed by atoms with Crippen LogP contribution in [0.15, 0.2) is 4.52 Å². The number of rotatable bonds is 1. The van der Waals surface area contributed by atoms with Crippen LogP contribution in [0.5, 0.6) is 0 Å². The number of hydrogen-bond acceptors (Lipinski definition) is 5. The molecule has 1 aliphatic rings. The second-order valence-corrected chi connectivity index (χ2v) is 5.51. The van der Waals surface area contributed by atoms with Crippen molar-refractivity contribution in [2.45, 2.75) is 32.2 Å². The molecule has 1 aliphatic heterocycles. The maximum absolute atomic E-state index is 5.24. The van der Waals surface area contributed by atoms with Crippen LogP contribution in [0.1, 0.15) is 38.5 Å². The van der Waals surface area contributed by atoms with Gasteiger partial charge in [0.25, 0.3) is 0 Å². The van der Waals surface area contributed by atoms with E-state index < -0.39 is 0 Å². The van der Waals surface area contributed by atoms with Crippen LogP contribution in [0, 0.1) is 0 Å². The Morgan fingerprint density at radius 1 is 1.47 bits per heavy atom. The van der Waals surface area contributed by atoms with Crippen LogP contribution >= 0.6 is 24.2 Å². The Labute approximate surface area is 100.0 Å². The minimum Gasteiger partial charge on any atom is -0.338 e. The molecule has 1 aromatic heterocycles. The normalized spacial score (nSPS) is 21.4. The van der Waals surface area contributed by atoms with Gasteiger partial charge in [0.1, 0.15) is 0 Å². The number of nitrogens with zero attached hydrogens (tertiary/aromatic N) is 2. The Morgan fingerprint density at radius 2 is 2.20 bits per heavy atom. The molecule has 0 bridgehead atoms. The van der Waals surface area contributed by atoms with Gasteiger partial charge >= 0.3 is 0 Å². The molecular formula is C9H16ClN3OS. The molecule has 0 aliphatic carbocycles. The van der Waals surface area contributed by atoms with Gasteiger partial charge in [-0.3, -0.25) is 5.32 Å². The number of hydrogen-bond donors (Lipinski definition) is 1. The van der Waals surface area contributed by atoms with Crippen LogP contribution in [0.2, 0.25) is 0 Å². The Hall–Kier alpha value is -0.260. The van der Waals surface area contributed by atoms with Gasteiger partial charge < -0.3 is 4.52 Å². The van der Waals surface area contributed by atoms with E-state index in [2.05, 4.69) is 36.2 Å². The predicted octanol–water partition coefficient (Wildman–Crippen LogP) is 2.12. The van der Waals surface area contributed by atoms with E-state index in [0.717, 1.165) is 23.3 Å². The predicted molar refractivity (Wildman–Crippen MR) is 63.4 cm³/mol. The van der Waals surface area contributed by atoms with Gasteiger partial charge in [0, 0.05) is 17.0 Å². The third-order valence-electron chi connectivity index (χ3n) is 2.13. The summed E-state index contributed by atoms with van der Waals surface area (Å²) < 4.78 is 5.24. The van der Waals surface area contributed by atoms with E-state index in [-0.39, 0.29) is 23.9 Å². The molecule has 15 heavy (non-hydrogen) atoms. The van der Waals surface area contributed by atoms with Crippen LogP contribution in [0.4, 0.5) is 0 Å². The molecule has 0 spiro atoms. The first-order valence-corrected chi connectivity index (χ1v) is 5.88. The monoisotopic (exact) mass is 249 g/mol. The van der Waals surface area contributed by atoms with Crippen molar-refractivity contribution in [2.24, 2.45) is 0 Å². The molecular weight excluding hydrogens is 234 g/mol. The molecule has 2 rings (SSSR count). The van der Waals surface area contributed by atoms with Crippen molar-refractivity contribution in [3.63, 3.8) is 0 Å². The van der Waals surface area contributed by atoms with Crippen LogP contribution in [-0.4, -0.2) is 21.8 Å². The van der Waals surface area contributed by atoms with Crippen molar-refractivity contribution in [1.29, 1.82) is 0 Å². The van der Waals surface area contributed by atoms with E-state index in [9.17, 15) is 0 Å².